The number of rotatable bonds is 3. The molecule has 0 aromatic rings. The molecule has 0 N–H and O–H groups in total. The molecule has 1 aliphatic heterocycles. The van der Waals surface area contributed by atoms with Gasteiger partial charge in [0.05, 0.1) is 13.0 Å². The summed E-state index contributed by atoms with van der Waals surface area (Å²) < 4.78 is 10.3. The van der Waals surface area contributed by atoms with Crippen molar-refractivity contribution in [3.05, 3.63) is 0 Å². The van der Waals surface area contributed by atoms with E-state index in [-0.39, 0.29) is 23.5 Å². The van der Waals surface area contributed by atoms with Gasteiger partial charge in [0.2, 0.25) is 0 Å². The molecule has 1 unspecified atom stereocenters. The Hall–Kier alpha value is -1.26. The van der Waals surface area contributed by atoms with E-state index in [1.807, 2.05) is 34.6 Å². The number of likely N-dealkylation sites (tertiary alicyclic amines) is 1. The van der Waals surface area contributed by atoms with Crippen LogP contribution in [0.3, 0.4) is 0 Å². The Morgan fingerprint density at radius 1 is 1.25 bits per heavy atom. The Bertz CT molecular complexity index is 369. The van der Waals surface area contributed by atoms with Crippen molar-refractivity contribution >= 4 is 12.1 Å². The van der Waals surface area contributed by atoms with Gasteiger partial charge < -0.3 is 14.4 Å². The van der Waals surface area contributed by atoms with E-state index in [2.05, 4.69) is 0 Å². The molecule has 0 saturated carbocycles. The van der Waals surface area contributed by atoms with Crippen molar-refractivity contribution in [2.75, 3.05) is 13.7 Å². The number of amides is 1. The van der Waals surface area contributed by atoms with E-state index in [1.54, 1.807) is 4.90 Å². The van der Waals surface area contributed by atoms with Crippen LogP contribution in [0.2, 0.25) is 0 Å². The van der Waals surface area contributed by atoms with Crippen LogP contribution in [0.1, 0.15) is 53.9 Å². The fourth-order valence-corrected chi connectivity index (χ4v) is 2.88. The minimum Gasteiger partial charge on any atom is -0.469 e. The third-order valence-electron chi connectivity index (χ3n) is 4.07. The zero-order chi connectivity index (χ0) is 15.6. The van der Waals surface area contributed by atoms with Crippen molar-refractivity contribution in [3.8, 4) is 0 Å². The van der Waals surface area contributed by atoms with Gasteiger partial charge in [-0.1, -0.05) is 13.8 Å². The quantitative estimate of drug-likeness (QED) is 0.748. The smallest absolute Gasteiger partial charge is 0.410 e. The summed E-state index contributed by atoms with van der Waals surface area (Å²) in [6.45, 7) is 10.00. The molecule has 1 fully saturated rings. The predicted octanol–water partition coefficient (Wildman–Crippen LogP) is 2.98. The van der Waals surface area contributed by atoms with Crippen molar-refractivity contribution in [3.63, 3.8) is 0 Å². The molecule has 0 aromatic carbocycles. The van der Waals surface area contributed by atoms with Gasteiger partial charge in [0.25, 0.3) is 0 Å². The van der Waals surface area contributed by atoms with Crippen molar-refractivity contribution in [2.24, 2.45) is 5.92 Å². The van der Waals surface area contributed by atoms with Crippen LogP contribution < -0.4 is 0 Å². The number of hydrogen-bond acceptors (Lipinski definition) is 4. The Morgan fingerprint density at radius 2 is 1.80 bits per heavy atom. The SMILES string of the molecule is CCC1(CC)CC(C(=O)OC)CN1C(=O)OC(C)(C)C. The number of esters is 1. The first-order valence-corrected chi connectivity index (χ1v) is 7.27. The zero-order valence-electron chi connectivity index (χ0n) is 13.5. The average molecular weight is 285 g/mol. The highest BCUT2D eigenvalue weighted by atomic mass is 16.6. The number of ether oxygens (including phenoxy) is 2. The largest absolute Gasteiger partial charge is 0.469 e. The van der Waals surface area contributed by atoms with Crippen LogP contribution in [-0.4, -0.2) is 41.8 Å². The van der Waals surface area contributed by atoms with Gasteiger partial charge in [-0.3, -0.25) is 4.79 Å². The van der Waals surface area contributed by atoms with E-state index in [9.17, 15) is 9.59 Å². The molecule has 20 heavy (non-hydrogen) atoms. The standard InChI is InChI=1S/C15H27NO4/c1-7-15(8-2)9-11(12(17)19-6)10-16(15)13(18)20-14(3,4)5/h11H,7-10H2,1-6H3. The Morgan fingerprint density at radius 3 is 2.20 bits per heavy atom. The topological polar surface area (TPSA) is 55.8 Å². The minimum atomic E-state index is -0.534. The molecule has 0 aliphatic carbocycles. The molecule has 0 spiro atoms. The van der Waals surface area contributed by atoms with Crippen molar-refractivity contribution in [1.82, 2.24) is 4.90 Å². The van der Waals surface area contributed by atoms with E-state index in [4.69, 9.17) is 9.47 Å². The molecule has 1 amide bonds. The molecule has 116 valence electrons. The molecule has 1 heterocycles. The summed E-state index contributed by atoms with van der Waals surface area (Å²) in [6, 6.07) is 0. The number of hydrogen-bond donors (Lipinski definition) is 0. The van der Waals surface area contributed by atoms with Gasteiger partial charge in [0.1, 0.15) is 5.60 Å². The average Bonchev–Trinajstić information content (AvgIpc) is 2.76. The fraction of sp³-hybridized carbons (Fsp3) is 0.867. The van der Waals surface area contributed by atoms with Gasteiger partial charge in [-0.2, -0.15) is 0 Å². The van der Waals surface area contributed by atoms with Crippen LogP contribution in [0.15, 0.2) is 0 Å². The third kappa shape index (κ3) is 3.44. The van der Waals surface area contributed by atoms with Crippen molar-refractivity contribution < 1.29 is 19.1 Å². The second-order valence-corrected chi connectivity index (χ2v) is 6.45. The van der Waals surface area contributed by atoms with Crippen LogP contribution in [0.25, 0.3) is 0 Å². The molecule has 1 rings (SSSR count). The predicted molar refractivity (Wildman–Crippen MR) is 76.4 cm³/mol. The van der Waals surface area contributed by atoms with E-state index in [1.165, 1.54) is 7.11 Å². The Labute approximate surface area is 121 Å². The van der Waals surface area contributed by atoms with Crippen molar-refractivity contribution in [1.29, 1.82) is 0 Å². The second-order valence-electron chi connectivity index (χ2n) is 6.45. The lowest BCUT2D eigenvalue weighted by atomic mass is 9.87. The molecule has 0 aromatic heterocycles. The maximum atomic E-state index is 12.4. The van der Waals surface area contributed by atoms with E-state index < -0.39 is 5.60 Å². The van der Waals surface area contributed by atoms with Crippen LogP contribution in [0, 0.1) is 5.92 Å². The number of carbonyl (C=O) groups is 2. The van der Waals surface area contributed by atoms with Gasteiger partial charge in [-0.15, -0.1) is 0 Å². The molecule has 1 saturated heterocycles. The first kappa shape index (κ1) is 16.8. The molecular formula is C15H27NO4. The minimum absolute atomic E-state index is 0.248. The van der Waals surface area contributed by atoms with Gasteiger partial charge in [0, 0.05) is 12.1 Å². The summed E-state index contributed by atoms with van der Waals surface area (Å²) in [5.41, 5.74) is -0.838. The molecular weight excluding hydrogens is 258 g/mol. The highest BCUT2D eigenvalue weighted by molar-refractivity contribution is 5.76. The van der Waals surface area contributed by atoms with Crippen LogP contribution >= 0.6 is 0 Å². The first-order chi connectivity index (χ1) is 9.19. The summed E-state index contributed by atoms with van der Waals surface area (Å²) >= 11 is 0. The monoisotopic (exact) mass is 285 g/mol. The van der Waals surface area contributed by atoms with E-state index >= 15 is 0 Å². The van der Waals surface area contributed by atoms with Gasteiger partial charge in [-0.25, -0.2) is 4.79 Å². The third-order valence-corrected chi connectivity index (χ3v) is 4.07. The lowest BCUT2D eigenvalue weighted by molar-refractivity contribution is -0.144. The maximum Gasteiger partial charge on any atom is 0.410 e. The fourth-order valence-electron chi connectivity index (χ4n) is 2.88. The lowest BCUT2D eigenvalue weighted by Gasteiger charge is -2.37. The molecule has 1 atom stereocenters. The summed E-state index contributed by atoms with van der Waals surface area (Å²) in [6.07, 6.45) is 1.91. The molecule has 0 radical (unpaired) electrons. The van der Waals surface area contributed by atoms with Gasteiger partial charge in [-0.05, 0) is 40.0 Å². The molecule has 0 bridgehead atoms. The van der Waals surface area contributed by atoms with Crippen LogP contribution in [0.5, 0.6) is 0 Å². The highest BCUT2D eigenvalue weighted by Gasteiger charge is 2.49. The summed E-state index contributed by atoms with van der Waals surface area (Å²) in [4.78, 5) is 25.9. The van der Waals surface area contributed by atoms with Crippen LogP contribution in [0.4, 0.5) is 4.79 Å². The molecule has 1 aliphatic rings. The summed E-state index contributed by atoms with van der Waals surface area (Å²) in [7, 11) is 1.39. The normalized spacial score (nSPS) is 21.7. The highest BCUT2D eigenvalue weighted by Crippen LogP contribution is 2.39. The zero-order valence-corrected chi connectivity index (χ0v) is 13.5. The maximum absolute atomic E-state index is 12.4. The Balaban J connectivity index is 2.96. The number of carbonyl (C=O) groups excluding carboxylic acids is 2. The second kappa shape index (κ2) is 6.02. The Kier molecular flexibility index (Phi) is 5.05. The van der Waals surface area contributed by atoms with Crippen LogP contribution in [-0.2, 0) is 14.3 Å². The summed E-state index contributed by atoms with van der Waals surface area (Å²) in [5, 5.41) is 0. The molecule has 5 nitrogen and oxygen atoms in total. The number of methoxy groups -OCH3 is 1. The molecule has 5 heteroatoms. The van der Waals surface area contributed by atoms with Gasteiger partial charge in [0.15, 0.2) is 0 Å². The van der Waals surface area contributed by atoms with Crippen molar-refractivity contribution in [2.45, 2.75) is 65.0 Å². The van der Waals surface area contributed by atoms with E-state index in [0.717, 1.165) is 12.8 Å². The number of nitrogens with zero attached hydrogens (tertiary/aromatic N) is 1. The van der Waals surface area contributed by atoms with E-state index in [0.29, 0.717) is 13.0 Å². The first-order valence-electron chi connectivity index (χ1n) is 7.27. The lowest BCUT2D eigenvalue weighted by Crippen LogP contribution is -2.48. The van der Waals surface area contributed by atoms with Gasteiger partial charge >= 0.3 is 12.1 Å². The summed E-state index contributed by atoms with van der Waals surface area (Å²) in [5.74, 6) is -0.505.